The van der Waals surface area contributed by atoms with Gasteiger partial charge in [0.1, 0.15) is 0 Å². The number of aromatic nitrogens is 1. The summed E-state index contributed by atoms with van der Waals surface area (Å²) in [5, 5.41) is 0. The summed E-state index contributed by atoms with van der Waals surface area (Å²) in [6.45, 7) is 0.289. The molecule has 5 heteroatoms. The highest BCUT2D eigenvalue weighted by Crippen LogP contribution is 2.38. The Bertz CT molecular complexity index is 510. The molecule has 2 aromatic rings. The van der Waals surface area contributed by atoms with Gasteiger partial charge in [0.15, 0.2) is 11.5 Å². The van der Waals surface area contributed by atoms with E-state index in [4.69, 9.17) is 15.2 Å². The third-order valence-corrected chi connectivity index (χ3v) is 3.10. The van der Waals surface area contributed by atoms with E-state index >= 15 is 0 Å². The molecule has 4 nitrogen and oxygen atoms in total. The van der Waals surface area contributed by atoms with Crippen LogP contribution in [0, 0.1) is 0 Å². The van der Waals surface area contributed by atoms with Crippen molar-refractivity contribution in [1.82, 2.24) is 4.37 Å². The molecule has 1 aliphatic rings. The third kappa shape index (κ3) is 1.32. The first-order chi connectivity index (χ1) is 7.34. The topological polar surface area (TPSA) is 57.4 Å². The molecular formula is C10H8N2O2S. The Labute approximate surface area is 90.4 Å². The highest BCUT2D eigenvalue weighted by atomic mass is 32.1. The van der Waals surface area contributed by atoms with Crippen molar-refractivity contribution in [2.45, 2.75) is 0 Å². The number of anilines is 1. The molecule has 1 aromatic heterocycles. The first kappa shape index (κ1) is 8.55. The van der Waals surface area contributed by atoms with Crippen molar-refractivity contribution in [3.63, 3.8) is 0 Å². The fourth-order valence-electron chi connectivity index (χ4n) is 1.50. The van der Waals surface area contributed by atoms with Crippen molar-refractivity contribution in [3.8, 4) is 21.9 Å². The van der Waals surface area contributed by atoms with Gasteiger partial charge >= 0.3 is 0 Å². The van der Waals surface area contributed by atoms with Gasteiger partial charge in [-0.25, -0.2) is 0 Å². The third-order valence-electron chi connectivity index (χ3n) is 2.23. The molecule has 2 N–H and O–H groups in total. The van der Waals surface area contributed by atoms with Gasteiger partial charge in [0.2, 0.25) is 6.79 Å². The van der Waals surface area contributed by atoms with Gasteiger partial charge in [0, 0.05) is 0 Å². The number of nitrogens with two attached hydrogens (primary N) is 1. The van der Waals surface area contributed by atoms with Gasteiger partial charge in [-0.3, -0.25) is 0 Å². The Morgan fingerprint density at radius 3 is 2.93 bits per heavy atom. The predicted octanol–water partition coefficient (Wildman–Crippen LogP) is 2.12. The van der Waals surface area contributed by atoms with Gasteiger partial charge in [-0.1, -0.05) is 0 Å². The van der Waals surface area contributed by atoms with Crippen molar-refractivity contribution in [2.75, 3.05) is 12.5 Å². The zero-order valence-corrected chi connectivity index (χ0v) is 8.58. The fourth-order valence-corrected chi connectivity index (χ4v) is 2.17. The normalized spacial score (nSPS) is 13.1. The molecule has 0 fully saturated rings. The fraction of sp³-hybridized carbons (Fsp3) is 0.100. The molecule has 0 unspecified atom stereocenters. The van der Waals surface area contributed by atoms with E-state index in [1.54, 1.807) is 6.20 Å². The molecule has 2 heterocycles. The van der Waals surface area contributed by atoms with E-state index in [0.29, 0.717) is 5.69 Å². The average molecular weight is 220 g/mol. The number of nitrogens with zero attached hydrogens (tertiary/aromatic N) is 1. The van der Waals surface area contributed by atoms with Gasteiger partial charge in [0.25, 0.3) is 0 Å². The molecule has 0 spiro atoms. The lowest BCUT2D eigenvalue weighted by Gasteiger charge is -2.00. The maximum Gasteiger partial charge on any atom is 0.231 e. The zero-order chi connectivity index (χ0) is 10.3. The van der Waals surface area contributed by atoms with Crippen LogP contribution in [0.5, 0.6) is 11.5 Å². The lowest BCUT2D eigenvalue weighted by atomic mass is 10.1. The Morgan fingerprint density at radius 2 is 2.13 bits per heavy atom. The quantitative estimate of drug-likeness (QED) is 0.799. The van der Waals surface area contributed by atoms with Crippen LogP contribution in [-0.4, -0.2) is 11.2 Å². The van der Waals surface area contributed by atoms with Gasteiger partial charge in [-0.15, -0.1) is 0 Å². The second kappa shape index (κ2) is 3.13. The van der Waals surface area contributed by atoms with E-state index in [9.17, 15) is 0 Å². The number of hydrogen-bond donors (Lipinski definition) is 1. The van der Waals surface area contributed by atoms with E-state index < -0.39 is 0 Å². The lowest BCUT2D eigenvalue weighted by molar-refractivity contribution is 0.174. The number of hydrogen-bond acceptors (Lipinski definition) is 5. The highest BCUT2D eigenvalue weighted by Gasteiger charge is 2.15. The Hall–Kier alpha value is -1.75. The smallest absolute Gasteiger partial charge is 0.231 e. The molecular weight excluding hydrogens is 212 g/mol. The van der Waals surface area contributed by atoms with E-state index in [1.165, 1.54) is 11.5 Å². The van der Waals surface area contributed by atoms with Crippen LogP contribution in [0.25, 0.3) is 10.4 Å². The van der Waals surface area contributed by atoms with Crippen molar-refractivity contribution >= 4 is 17.2 Å². The SMILES string of the molecule is Nc1cnsc1-c1ccc2c(c1)OCO2. The van der Waals surface area contributed by atoms with E-state index in [1.807, 2.05) is 18.2 Å². The molecule has 0 radical (unpaired) electrons. The van der Waals surface area contributed by atoms with Crippen LogP contribution < -0.4 is 15.2 Å². The molecule has 15 heavy (non-hydrogen) atoms. The largest absolute Gasteiger partial charge is 0.454 e. The van der Waals surface area contributed by atoms with Crippen LogP contribution in [0.15, 0.2) is 24.4 Å². The van der Waals surface area contributed by atoms with Crippen LogP contribution in [0.3, 0.4) is 0 Å². The second-order valence-corrected chi connectivity index (χ2v) is 3.98. The minimum absolute atomic E-state index is 0.289. The zero-order valence-electron chi connectivity index (χ0n) is 7.77. The molecule has 0 saturated carbocycles. The highest BCUT2D eigenvalue weighted by molar-refractivity contribution is 7.10. The summed E-state index contributed by atoms with van der Waals surface area (Å²) < 4.78 is 14.6. The minimum atomic E-state index is 0.289. The van der Waals surface area contributed by atoms with Crippen molar-refractivity contribution < 1.29 is 9.47 Å². The summed E-state index contributed by atoms with van der Waals surface area (Å²) in [7, 11) is 0. The Balaban J connectivity index is 2.11. The summed E-state index contributed by atoms with van der Waals surface area (Å²) in [5.74, 6) is 1.54. The second-order valence-electron chi connectivity index (χ2n) is 3.18. The summed E-state index contributed by atoms with van der Waals surface area (Å²) in [5.41, 5.74) is 7.50. The summed E-state index contributed by atoms with van der Waals surface area (Å²) in [6.07, 6.45) is 1.66. The molecule has 0 bridgehead atoms. The van der Waals surface area contributed by atoms with Gasteiger partial charge in [-0.05, 0) is 35.3 Å². The van der Waals surface area contributed by atoms with Crippen LogP contribution in [0.1, 0.15) is 0 Å². The molecule has 1 aliphatic heterocycles. The molecule has 1 aromatic carbocycles. The summed E-state index contributed by atoms with van der Waals surface area (Å²) >= 11 is 1.38. The average Bonchev–Trinajstić information content (AvgIpc) is 2.84. The molecule has 0 amide bonds. The van der Waals surface area contributed by atoms with Crippen molar-refractivity contribution in [3.05, 3.63) is 24.4 Å². The number of ether oxygens (including phenoxy) is 2. The van der Waals surface area contributed by atoms with Gasteiger partial charge in [0.05, 0.1) is 16.8 Å². The lowest BCUT2D eigenvalue weighted by Crippen LogP contribution is -1.92. The first-order valence-electron chi connectivity index (χ1n) is 4.45. The summed E-state index contributed by atoms with van der Waals surface area (Å²) in [4.78, 5) is 0.966. The predicted molar refractivity (Wildman–Crippen MR) is 58.1 cm³/mol. The summed E-state index contributed by atoms with van der Waals surface area (Å²) in [6, 6.07) is 5.76. The van der Waals surface area contributed by atoms with Gasteiger partial charge < -0.3 is 15.2 Å². The van der Waals surface area contributed by atoms with Crippen LogP contribution in [0.2, 0.25) is 0 Å². The number of benzene rings is 1. The first-order valence-corrected chi connectivity index (χ1v) is 5.22. The number of fused-ring (bicyclic) bond motifs is 1. The van der Waals surface area contributed by atoms with Gasteiger partial charge in [-0.2, -0.15) is 4.37 Å². The standard InChI is InChI=1S/C10H8N2O2S/c11-7-4-12-15-10(7)6-1-2-8-9(3-6)14-5-13-8/h1-4H,5,11H2. The minimum Gasteiger partial charge on any atom is -0.454 e. The molecule has 0 aliphatic carbocycles. The molecule has 76 valence electrons. The molecule has 0 atom stereocenters. The maximum absolute atomic E-state index is 5.79. The monoisotopic (exact) mass is 220 g/mol. The number of rotatable bonds is 1. The van der Waals surface area contributed by atoms with Crippen LogP contribution in [-0.2, 0) is 0 Å². The van der Waals surface area contributed by atoms with E-state index in [0.717, 1.165) is 21.9 Å². The molecule has 3 rings (SSSR count). The van der Waals surface area contributed by atoms with E-state index in [2.05, 4.69) is 4.37 Å². The van der Waals surface area contributed by atoms with Crippen LogP contribution in [0.4, 0.5) is 5.69 Å². The van der Waals surface area contributed by atoms with Crippen LogP contribution >= 0.6 is 11.5 Å². The Kier molecular flexibility index (Phi) is 1.78. The maximum atomic E-state index is 5.79. The van der Waals surface area contributed by atoms with Crippen molar-refractivity contribution in [2.24, 2.45) is 0 Å². The molecule has 0 saturated heterocycles. The van der Waals surface area contributed by atoms with E-state index in [-0.39, 0.29) is 6.79 Å². The Morgan fingerprint density at radius 1 is 1.27 bits per heavy atom. The number of nitrogen functional groups attached to an aromatic ring is 1. The van der Waals surface area contributed by atoms with Crippen molar-refractivity contribution in [1.29, 1.82) is 0 Å².